The second-order valence-corrected chi connectivity index (χ2v) is 5.82. The Morgan fingerprint density at radius 1 is 1.21 bits per heavy atom. The van der Waals surface area contributed by atoms with E-state index in [-0.39, 0.29) is 28.6 Å². The quantitative estimate of drug-likeness (QED) is 0.345. The number of aliphatic imine (C=N–C) groups is 1. The number of carbonyl (C=O) groups excluding carboxylic acids is 1. The van der Waals surface area contributed by atoms with Gasteiger partial charge in [-0.25, -0.2) is 14.6 Å². The molecule has 0 saturated carbocycles. The molecule has 0 spiro atoms. The molecule has 0 bridgehead atoms. The van der Waals surface area contributed by atoms with Gasteiger partial charge in [-0.1, -0.05) is 24.3 Å². The highest BCUT2D eigenvalue weighted by molar-refractivity contribution is 6.13. The van der Waals surface area contributed by atoms with E-state index >= 15 is 0 Å². The molecule has 2 aromatic carbocycles. The highest BCUT2D eigenvalue weighted by atomic mass is 16.6. The lowest BCUT2D eigenvalue weighted by molar-refractivity contribution is -0.385. The highest BCUT2D eigenvalue weighted by Gasteiger charge is 2.26. The summed E-state index contributed by atoms with van der Waals surface area (Å²) in [6.07, 6.45) is 3.96. The number of hydrogen-bond acceptors (Lipinski definition) is 7. The molecular formula is C20H14N2O7. The molecule has 0 unspecified atom stereocenters. The molecule has 1 aliphatic heterocycles. The number of nitrogens with zero attached hydrogens (tertiary/aromatic N) is 2. The van der Waals surface area contributed by atoms with Crippen LogP contribution in [0.25, 0.3) is 12.2 Å². The van der Waals surface area contributed by atoms with E-state index in [4.69, 9.17) is 14.6 Å². The summed E-state index contributed by atoms with van der Waals surface area (Å²) < 4.78 is 10.1. The number of aliphatic carboxylic acids is 1. The number of carboxylic acids is 1. The lowest BCUT2D eigenvalue weighted by atomic mass is 10.1. The van der Waals surface area contributed by atoms with Crippen molar-refractivity contribution < 1.29 is 29.1 Å². The minimum atomic E-state index is -1.05. The summed E-state index contributed by atoms with van der Waals surface area (Å²) >= 11 is 0. The normalized spacial score (nSPS) is 14.7. The maximum Gasteiger partial charge on any atom is 0.363 e. The Kier molecular flexibility index (Phi) is 5.49. The van der Waals surface area contributed by atoms with Gasteiger partial charge in [0, 0.05) is 17.7 Å². The Labute approximate surface area is 164 Å². The van der Waals surface area contributed by atoms with Crippen molar-refractivity contribution in [1.29, 1.82) is 0 Å². The fraction of sp³-hybridized carbons (Fsp3) is 0.0500. The number of ether oxygens (including phenoxy) is 2. The van der Waals surface area contributed by atoms with E-state index in [0.717, 1.165) is 6.08 Å². The maximum absolute atomic E-state index is 12.1. The van der Waals surface area contributed by atoms with Crippen LogP contribution in [0.5, 0.6) is 5.75 Å². The number of rotatable bonds is 6. The van der Waals surface area contributed by atoms with Crippen LogP contribution in [0.15, 0.2) is 59.2 Å². The number of methoxy groups -OCH3 is 1. The maximum atomic E-state index is 12.1. The molecule has 0 radical (unpaired) electrons. The van der Waals surface area contributed by atoms with Crippen molar-refractivity contribution in [3.63, 3.8) is 0 Å². The molecule has 0 fully saturated rings. The van der Waals surface area contributed by atoms with Crippen molar-refractivity contribution in [2.45, 2.75) is 0 Å². The zero-order valence-electron chi connectivity index (χ0n) is 15.1. The fourth-order valence-corrected chi connectivity index (χ4v) is 2.53. The predicted octanol–water partition coefficient (Wildman–Crippen LogP) is 3.05. The van der Waals surface area contributed by atoms with Gasteiger partial charge in [0.1, 0.15) is 0 Å². The Balaban J connectivity index is 1.87. The van der Waals surface area contributed by atoms with Crippen LogP contribution in [-0.2, 0) is 14.3 Å². The van der Waals surface area contributed by atoms with Crippen LogP contribution >= 0.6 is 0 Å². The van der Waals surface area contributed by atoms with Crippen LogP contribution in [0.1, 0.15) is 16.7 Å². The van der Waals surface area contributed by atoms with Crippen molar-refractivity contribution in [3.05, 3.63) is 81.0 Å². The van der Waals surface area contributed by atoms with Crippen LogP contribution in [-0.4, -0.2) is 35.0 Å². The Morgan fingerprint density at radius 2 is 1.90 bits per heavy atom. The van der Waals surface area contributed by atoms with Gasteiger partial charge < -0.3 is 14.6 Å². The van der Waals surface area contributed by atoms with Crippen molar-refractivity contribution in [2.75, 3.05) is 7.11 Å². The molecule has 3 rings (SSSR count). The van der Waals surface area contributed by atoms with Gasteiger partial charge in [-0.3, -0.25) is 10.1 Å². The lowest BCUT2D eigenvalue weighted by Crippen LogP contribution is -2.06. The first kappa shape index (κ1) is 19.5. The van der Waals surface area contributed by atoms with Gasteiger partial charge >= 0.3 is 17.6 Å². The molecule has 0 atom stereocenters. The zero-order valence-corrected chi connectivity index (χ0v) is 15.1. The van der Waals surface area contributed by atoms with E-state index in [1.165, 1.54) is 37.5 Å². The summed E-state index contributed by atoms with van der Waals surface area (Å²) in [5, 5.41) is 19.8. The number of carboxylic acid groups (broad SMARTS) is 1. The smallest absolute Gasteiger partial charge is 0.363 e. The topological polar surface area (TPSA) is 128 Å². The minimum Gasteiger partial charge on any atom is -0.490 e. The van der Waals surface area contributed by atoms with E-state index in [1.54, 1.807) is 24.3 Å². The summed E-state index contributed by atoms with van der Waals surface area (Å²) in [5.74, 6) is -1.71. The molecule has 0 aliphatic carbocycles. The predicted molar refractivity (Wildman–Crippen MR) is 103 cm³/mol. The summed E-state index contributed by atoms with van der Waals surface area (Å²) in [6.45, 7) is 0. The third-order valence-electron chi connectivity index (χ3n) is 3.90. The van der Waals surface area contributed by atoms with Gasteiger partial charge in [0.05, 0.1) is 12.0 Å². The Hall–Kier alpha value is -4.27. The molecule has 0 saturated heterocycles. The van der Waals surface area contributed by atoms with Crippen LogP contribution in [0, 0.1) is 10.1 Å². The molecule has 0 amide bonds. The van der Waals surface area contributed by atoms with Gasteiger partial charge in [-0.2, -0.15) is 0 Å². The number of hydrogen-bond donors (Lipinski definition) is 1. The Bertz CT molecular complexity index is 1080. The molecule has 146 valence electrons. The molecule has 9 nitrogen and oxygen atoms in total. The van der Waals surface area contributed by atoms with Crippen LogP contribution < -0.4 is 4.74 Å². The monoisotopic (exact) mass is 394 g/mol. The second kappa shape index (κ2) is 8.17. The molecule has 0 aromatic heterocycles. The van der Waals surface area contributed by atoms with E-state index in [1.807, 2.05) is 0 Å². The summed E-state index contributed by atoms with van der Waals surface area (Å²) in [7, 11) is 1.32. The third-order valence-corrected chi connectivity index (χ3v) is 3.90. The molecular weight excluding hydrogens is 380 g/mol. The molecule has 9 heteroatoms. The number of esters is 1. The standard InChI is InChI=1S/C20H14N2O7/c1-28-17-8-7-14(11-16(17)22(26)27)19-21-15(20(25)29-19)10-13-4-2-12(3-5-13)6-9-18(23)24/h2-11H,1H3,(H,23,24)/b9-6+,15-10-. The van der Waals surface area contributed by atoms with Crippen LogP contribution in [0.4, 0.5) is 5.69 Å². The fourth-order valence-electron chi connectivity index (χ4n) is 2.53. The highest BCUT2D eigenvalue weighted by Crippen LogP contribution is 2.29. The summed E-state index contributed by atoms with van der Waals surface area (Å²) in [4.78, 5) is 37.3. The van der Waals surface area contributed by atoms with Gasteiger partial charge in [-0.15, -0.1) is 0 Å². The van der Waals surface area contributed by atoms with E-state index in [0.29, 0.717) is 11.1 Å². The van der Waals surface area contributed by atoms with Crippen molar-refractivity contribution in [2.24, 2.45) is 4.99 Å². The number of nitro benzene ring substituents is 1. The second-order valence-electron chi connectivity index (χ2n) is 5.82. The van der Waals surface area contributed by atoms with Gasteiger partial charge in [0.2, 0.25) is 5.90 Å². The zero-order chi connectivity index (χ0) is 21.0. The third kappa shape index (κ3) is 4.53. The SMILES string of the molecule is COc1ccc(C2=N/C(=C\c3ccc(/C=C/C(=O)O)cc3)C(=O)O2)cc1[N+](=O)[O-]. The van der Waals surface area contributed by atoms with Gasteiger partial charge in [0.25, 0.3) is 0 Å². The van der Waals surface area contributed by atoms with Gasteiger partial charge in [-0.05, 0) is 35.4 Å². The van der Waals surface area contributed by atoms with Gasteiger partial charge in [0.15, 0.2) is 11.4 Å². The first-order valence-corrected chi connectivity index (χ1v) is 8.24. The van der Waals surface area contributed by atoms with Crippen LogP contribution in [0.2, 0.25) is 0 Å². The molecule has 1 aliphatic rings. The van der Waals surface area contributed by atoms with Crippen molar-refractivity contribution in [3.8, 4) is 5.75 Å². The first-order valence-electron chi connectivity index (χ1n) is 8.24. The van der Waals surface area contributed by atoms with E-state index in [9.17, 15) is 19.7 Å². The molecule has 2 aromatic rings. The Morgan fingerprint density at radius 3 is 2.52 bits per heavy atom. The average Bonchev–Trinajstić information content (AvgIpc) is 3.07. The van der Waals surface area contributed by atoms with E-state index in [2.05, 4.69) is 4.99 Å². The molecule has 1 N–H and O–H groups in total. The van der Waals surface area contributed by atoms with Crippen LogP contribution in [0.3, 0.4) is 0 Å². The average molecular weight is 394 g/mol. The summed E-state index contributed by atoms with van der Waals surface area (Å²) in [6, 6.07) is 10.9. The number of carbonyl (C=O) groups is 2. The largest absolute Gasteiger partial charge is 0.490 e. The van der Waals surface area contributed by atoms with Crippen molar-refractivity contribution in [1.82, 2.24) is 0 Å². The van der Waals surface area contributed by atoms with E-state index < -0.39 is 16.9 Å². The minimum absolute atomic E-state index is 0.0345. The summed E-state index contributed by atoms with van der Waals surface area (Å²) in [5.41, 5.74) is 1.36. The van der Waals surface area contributed by atoms with Crippen molar-refractivity contribution >= 4 is 35.7 Å². The number of benzene rings is 2. The number of cyclic esters (lactones) is 1. The molecule has 29 heavy (non-hydrogen) atoms. The first-order chi connectivity index (χ1) is 13.9. The number of nitro groups is 1. The lowest BCUT2D eigenvalue weighted by Gasteiger charge is -2.03. The molecule has 1 heterocycles.